The van der Waals surface area contributed by atoms with Gasteiger partial charge in [-0.15, -0.1) is 0 Å². The maximum Gasteiger partial charge on any atom is 0.247 e. The summed E-state index contributed by atoms with van der Waals surface area (Å²) in [4.78, 5) is 4.21. The smallest absolute Gasteiger partial charge is 0.247 e. The van der Waals surface area contributed by atoms with Crippen molar-refractivity contribution in [2.45, 2.75) is 6.54 Å². The zero-order valence-electron chi connectivity index (χ0n) is 13.1. The van der Waals surface area contributed by atoms with Gasteiger partial charge < -0.3 is 4.52 Å². The lowest BCUT2D eigenvalue weighted by Gasteiger charge is -2.20. The van der Waals surface area contributed by atoms with Crippen LogP contribution in [-0.2, 0) is 16.6 Å². The average molecular weight is 382 g/mol. The van der Waals surface area contributed by atoms with E-state index in [-0.39, 0.29) is 12.4 Å². The number of sulfonamides is 1. The van der Waals surface area contributed by atoms with E-state index in [1.807, 2.05) is 0 Å². The van der Waals surface area contributed by atoms with Crippen molar-refractivity contribution in [2.24, 2.45) is 0 Å². The van der Waals surface area contributed by atoms with Crippen LogP contribution in [0.5, 0.6) is 0 Å². The van der Waals surface area contributed by atoms with Gasteiger partial charge in [-0.3, -0.25) is 4.31 Å². The van der Waals surface area contributed by atoms with Crippen LogP contribution < -0.4 is 4.31 Å². The molecule has 0 amide bonds. The first-order valence-corrected chi connectivity index (χ1v) is 9.37. The van der Waals surface area contributed by atoms with E-state index in [0.29, 0.717) is 22.1 Å². The van der Waals surface area contributed by atoms with Crippen LogP contribution in [0.4, 0.5) is 10.1 Å². The summed E-state index contributed by atoms with van der Waals surface area (Å²) in [5.74, 6) is -0.0288. The quantitative estimate of drug-likeness (QED) is 0.676. The first kappa shape index (κ1) is 17.4. The van der Waals surface area contributed by atoms with Crippen molar-refractivity contribution in [3.63, 3.8) is 0 Å². The molecule has 130 valence electrons. The molecular weight excluding hydrogens is 369 g/mol. The van der Waals surface area contributed by atoms with Gasteiger partial charge >= 0.3 is 0 Å². The van der Waals surface area contributed by atoms with Crippen LogP contribution in [-0.4, -0.2) is 24.8 Å². The molecule has 0 saturated carbocycles. The van der Waals surface area contributed by atoms with E-state index < -0.39 is 15.8 Å². The molecule has 0 radical (unpaired) electrons. The van der Waals surface area contributed by atoms with Gasteiger partial charge in [-0.05, 0) is 48.5 Å². The second-order valence-corrected chi connectivity index (χ2v) is 7.61. The molecule has 3 aromatic rings. The van der Waals surface area contributed by atoms with Gasteiger partial charge in [0.05, 0.1) is 11.9 Å². The minimum absolute atomic E-state index is 0.111. The Morgan fingerprint density at radius 3 is 2.36 bits per heavy atom. The Bertz CT molecular complexity index is 973. The van der Waals surface area contributed by atoms with E-state index in [2.05, 4.69) is 10.1 Å². The maximum atomic E-state index is 13.1. The molecule has 0 aliphatic rings. The van der Waals surface area contributed by atoms with E-state index in [4.69, 9.17) is 16.1 Å². The third kappa shape index (κ3) is 4.15. The largest absolute Gasteiger partial charge is 0.337 e. The lowest BCUT2D eigenvalue weighted by Crippen LogP contribution is -2.29. The zero-order valence-corrected chi connectivity index (χ0v) is 14.6. The molecule has 1 aromatic heterocycles. The van der Waals surface area contributed by atoms with Crippen molar-refractivity contribution in [3.8, 4) is 11.4 Å². The van der Waals surface area contributed by atoms with Gasteiger partial charge in [-0.25, -0.2) is 12.8 Å². The Hall–Kier alpha value is -2.45. The van der Waals surface area contributed by atoms with E-state index in [1.54, 1.807) is 24.3 Å². The lowest BCUT2D eigenvalue weighted by atomic mass is 10.2. The molecule has 0 aliphatic heterocycles. The van der Waals surface area contributed by atoms with Crippen LogP contribution >= 0.6 is 11.6 Å². The number of nitrogens with zero attached hydrogens (tertiary/aromatic N) is 3. The predicted octanol–water partition coefficient (Wildman–Crippen LogP) is 3.50. The van der Waals surface area contributed by atoms with E-state index >= 15 is 0 Å². The Morgan fingerprint density at radius 1 is 1.12 bits per heavy atom. The molecule has 0 spiro atoms. The fourth-order valence-corrected chi connectivity index (χ4v) is 3.14. The zero-order chi connectivity index (χ0) is 18.0. The van der Waals surface area contributed by atoms with Crippen molar-refractivity contribution < 1.29 is 17.3 Å². The summed E-state index contributed by atoms with van der Waals surface area (Å²) in [5, 5.41) is 4.42. The van der Waals surface area contributed by atoms with Gasteiger partial charge in [-0.1, -0.05) is 16.8 Å². The van der Waals surface area contributed by atoms with Gasteiger partial charge in [-0.2, -0.15) is 4.98 Å². The third-order valence-corrected chi connectivity index (χ3v) is 4.76. The van der Waals surface area contributed by atoms with Gasteiger partial charge in [0.15, 0.2) is 0 Å². The van der Waals surface area contributed by atoms with Crippen molar-refractivity contribution in [2.75, 3.05) is 10.6 Å². The third-order valence-electron chi connectivity index (χ3n) is 3.36. The molecule has 0 fully saturated rings. The normalized spacial score (nSPS) is 11.5. The van der Waals surface area contributed by atoms with Crippen LogP contribution in [0.1, 0.15) is 5.89 Å². The molecule has 25 heavy (non-hydrogen) atoms. The van der Waals surface area contributed by atoms with Gasteiger partial charge in [0, 0.05) is 10.6 Å². The fourth-order valence-electron chi connectivity index (χ4n) is 2.17. The summed E-state index contributed by atoms with van der Waals surface area (Å²) >= 11 is 5.84. The summed E-state index contributed by atoms with van der Waals surface area (Å²) < 4.78 is 43.4. The number of halogens is 2. The van der Waals surface area contributed by atoms with Crippen molar-refractivity contribution in [1.29, 1.82) is 0 Å². The van der Waals surface area contributed by atoms with Crippen molar-refractivity contribution >= 4 is 27.3 Å². The number of hydrogen-bond acceptors (Lipinski definition) is 5. The molecule has 0 aliphatic carbocycles. The van der Waals surface area contributed by atoms with Crippen LogP contribution in [0.15, 0.2) is 53.1 Å². The number of aromatic nitrogens is 2. The Kier molecular flexibility index (Phi) is 4.73. The van der Waals surface area contributed by atoms with Crippen LogP contribution in [0.2, 0.25) is 5.02 Å². The summed E-state index contributed by atoms with van der Waals surface area (Å²) in [6.07, 6.45) is 1.05. The highest BCUT2D eigenvalue weighted by atomic mass is 35.5. The monoisotopic (exact) mass is 381 g/mol. The fraction of sp³-hybridized carbons (Fsp3) is 0.125. The topological polar surface area (TPSA) is 76.3 Å². The number of benzene rings is 2. The van der Waals surface area contributed by atoms with Crippen LogP contribution in [0, 0.1) is 5.82 Å². The Labute approximate surface area is 148 Å². The van der Waals surface area contributed by atoms with Gasteiger partial charge in [0.1, 0.15) is 12.4 Å². The molecule has 0 atom stereocenters. The number of rotatable bonds is 5. The molecule has 3 rings (SSSR count). The second-order valence-electron chi connectivity index (χ2n) is 5.26. The summed E-state index contributed by atoms with van der Waals surface area (Å²) in [6.45, 7) is -0.162. The minimum Gasteiger partial charge on any atom is -0.337 e. The SMILES string of the molecule is CS(=O)(=O)N(Cc1nc(-c2ccc(Cl)cc2)no1)c1ccc(F)cc1. The Morgan fingerprint density at radius 2 is 1.76 bits per heavy atom. The first-order chi connectivity index (χ1) is 11.8. The molecule has 9 heteroatoms. The number of hydrogen-bond donors (Lipinski definition) is 0. The summed E-state index contributed by atoms with van der Waals surface area (Å²) in [6, 6.07) is 11.9. The lowest BCUT2D eigenvalue weighted by molar-refractivity contribution is 0.380. The van der Waals surface area contributed by atoms with E-state index in [0.717, 1.165) is 10.6 Å². The Balaban J connectivity index is 1.88. The molecule has 0 unspecified atom stereocenters. The standard InChI is InChI=1S/C16H13ClFN3O3S/c1-25(22,23)21(14-8-6-13(18)7-9-14)10-15-19-16(20-24-15)11-2-4-12(17)5-3-11/h2-9H,10H2,1H3. The molecular formula is C16H13ClFN3O3S. The van der Waals surface area contributed by atoms with Gasteiger partial charge in [0.2, 0.25) is 21.7 Å². The predicted molar refractivity (Wildman–Crippen MR) is 92.2 cm³/mol. The highest BCUT2D eigenvalue weighted by Gasteiger charge is 2.21. The van der Waals surface area contributed by atoms with E-state index in [1.165, 1.54) is 24.3 Å². The highest BCUT2D eigenvalue weighted by molar-refractivity contribution is 7.92. The molecule has 6 nitrogen and oxygen atoms in total. The molecule has 0 saturated heterocycles. The van der Waals surface area contributed by atoms with Crippen LogP contribution in [0.3, 0.4) is 0 Å². The average Bonchev–Trinajstić information content (AvgIpc) is 3.02. The summed E-state index contributed by atoms with van der Waals surface area (Å²) in [7, 11) is -3.62. The molecule has 2 aromatic carbocycles. The first-order valence-electron chi connectivity index (χ1n) is 7.15. The molecule has 0 N–H and O–H groups in total. The summed E-state index contributed by atoms with van der Waals surface area (Å²) in [5.41, 5.74) is 0.988. The molecule has 0 bridgehead atoms. The minimum atomic E-state index is -3.62. The second kappa shape index (κ2) is 6.81. The van der Waals surface area contributed by atoms with Crippen molar-refractivity contribution in [3.05, 3.63) is 65.3 Å². The van der Waals surface area contributed by atoms with Gasteiger partial charge in [0.25, 0.3) is 0 Å². The number of anilines is 1. The molecule has 1 heterocycles. The van der Waals surface area contributed by atoms with Crippen LogP contribution in [0.25, 0.3) is 11.4 Å². The van der Waals surface area contributed by atoms with Crippen molar-refractivity contribution in [1.82, 2.24) is 10.1 Å². The van der Waals surface area contributed by atoms with E-state index in [9.17, 15) is 12.8 Å². The highest BCUT2D eigenvalue weighted by Crippen LogP contribution is 2.23. The maximum absolute atomic E-state index is 13.1.